The van der Waals surface area contributed by atoms with Crippen molar-refractivity contribution in [2.24, 2.45) is 17.8 Å². The monoisotopic (exact) mass is 368 g/mol. The molecule has 4 heteroatoms. The van der Waals surface area contributed by atoms with Crippen LogP contribution in [0.4, 0.5) is 0 Å². The first-order chi connectivity index (χ1) is 12.6. The fourth-order valence-electron chi connectivity index (χ4n) is 3.83. The van der Waals surface area contributed by atoms with Crippen LogP contribution in [0.15, 0.2) is 0 Å². The number of hydrogen-bond donors (Lipinski definition) is 0. The van der Waals surface area contributed by atoms with Gasteiger partial charge in [0.1, 0.15) is 0 Å². The van der Waals surface area contributed by atoms with Crippen molar-refractivity contribution in [3.63, 3.8) is 0 Å². The highest BCUT2D eigenvalue weighted by Crippen LogP contribution is 2.32. The number of rotatable bonds is 13. The van der Waals surface area contributed by atoms with Gasteiger partial charge in [0.25, 0.3) is 0 Å². The van der Waals surface area contributed by atoms with Gasteiger partial charge in [0.05, 0.1) is 25.0 Å². The van der Waals surface area contributed by atoms with E-state index >= 15 is 0 Å². The third-order valence-corrected chi connectivity index (χ3v) is 5.49. The van der Waals surface area contributed by atoms with E-state index in [-0.39, 0.29) is 23.8 Å². The molecule has 3 atom stereocenters. The quantitative estimate of drug-likeness (QED) is 0.310. The molecule has 0 spiro atoms. The Kier molecular flexibility index (Phi) is 12.4. The molecule has 0 bridgehead atoms. The maximum atomic E-state index is 12.7. The maximum absolute atomic E-state index is 12.7. The molecule has 1 fully saturated rings. The van der Waals surface area contributed by atoms with E-state index in [0.29, 0.717) is 19.1 Å². The predicted molar refractivity (Wildman–Crippen MR) is 105 cm³/mol. The van der Waals surface area contributed by atoms with E-state index in [0.717, 1.165) is 57.8 Å². The number of carbonyl (C=O) groups excluding carboxylic acids is 2. The molecule has 4 nitrogen and oxygen atoms in total. The first kappa shape index (κ1) is 23.0. The average Bonchev–Trinajstić information content (AvgIpc) is 2.66. The summed E-state index contributed by atoms with van der Waals surface area (Å²) in [6, 6.07) is 0. The lowest BCUT2D eigenvalue weighted by Gasteiger charge is -2.29. The zero-order chi connectivity index (χ0) is 19.2. The normalized spacial score (nSPS) is 21.2. The minimum atomic E-state index is -0.309. The van der Waals surface area contributed by atoms with Gasteiger partial charge in [0.2, 0.25) is 0 Å². The molecule has 0 radical (unpaired) electrons. The molecule has 1 aliphatic rings. The smallest absolute Gasteiger partial charge is 0.309 e. The molecular weight excluding hydrogens is 328 g/mol. The Morgan fingerprint density at radius 1 is 0.808 bits per heavy atom. The van der Waals surface area contributed by atoms with Crippen LogP contribution in [0.1, 0.15) is 97.8 Å². The summed E-state index contributed by atoms with van der Waals surface area (Å²) in [6.07, 6.45) is 12.4. The summed E-state index contributed by atoms with van der Waals surface area (Å²) in [5, 5.41) is 0. The molecule has 1 rings (SSSR count). The van der Waals surface area contributed by atoms with Gasteiger partial charge in [-0.05, 0) is 38.0 Å². The zero-order valence-corrected chi connectivity index (χ0v) is 17.3. The molecule has 0 aromatic carbocycles. The lowest BCUT2D eigenvalue weighted by molar-refractivity contribution is -0.163. The number of ether oxygens (including phenoxy) is 2. The molecule has 0 aromatic rings. The largest absolute Gasteiger partial charge is 0.465 e. The van der Waals surface area contributed by atoms with E-state index in [4.69, 9.17) is 9.47 Å². The first-order valence-corrected chi connectivity index (χ1v) is 11.0. The number of esters is 2. The maximum Gasteiger partial charge on any atom is 0.309 e. The van der Waals surface area contributed by atoms with Crippen molar-refractivity contribution >= 4 is 11.9 Å². The lowest BCUT2D eigenvalue weighted by atomic mass is 9.79. The Balaban J connectivity index is 2.51. The molecule has 1 saturated carbocycles. The van der Waals surface area contributed by atoms with Gasteiger partial charge < -0.3 is 9.47 Å². The van der Waals surface area contributed by atoms with Crippen LogP contribution in [-0.4, -0.2) is 25.2 Å². The van der Waals surface area contributed by atoms with Gasteiger partial charge in [-0.3, -0.25) is 9.59 Å². The van der Waals surface area contributed by atoms with Crippen LogP contribution in [0.25, 0.3) is 0 Å². The Morgan fingerprint density at radius 3 is 2.00 bits per heavy atom. The van der Waals surface area contributed by atoms with Crippen molar-refractivity contribution < 1.29 is 19.1 Å². The van der Waals surface area contributed by atoms with Crippen molar-refractivity contribution in [3.05, 3.63) is 0 Å². The second-order valence-electron chi connectivity index (χ2n) is 7.80. The molecule has 0 heterocycles. The highest BCUT2D eigenvalue weighted by Gasteiger charge is 2.38. The molecule has 152 valence electrons. The molecule has 0 aliphatic heterocycles. The first-order valence-electron chi connectivity index (χ1n) is 11.0. The van der Waals surface area contributed by atoms with E-state index in [2.05, 4.69) is 20.8 Å². The molecule has 0 aromatic heterocycles. The SMILES string of the molecule is CCCCCC(CCC)COC(=O)C1CCCCC1C(=O)OCCCC. The van der Waals surface area contributed by atoms with Gasteiger partial charge in [-0.2, -0.15) is 0 Å². The summed E-state index contributed by atoms with van der Waals surface area (Å²) in [5.74, 6) is -0.547. The summed E-state index contributed by atoms with van der Waals surface area (Å²) in [4.78, 5) is 25.0. The highest BCUT2D eigenvalue weighted by atomic mass is 16.5. The van der Waals surface area contributed by atoms with Crippen LogP contribution >= 0.6 is 0 Å². The van der Waals surface area contributed by atoms with Crippen LogP contribution in [0.3, 0.4) is 0 Å². The topological polar surface area (TPSA) is 52.6 Å². The number of unbranched alkanes of at least 4 members (excludes halogenated alkanes) is 3. The van der Waals surface area contributed by atoms with Crippen LogP contribution in [0.2, 0.25) is 0 Å². The average molecular weight is 369 g/mol. The van der Waals surface area contributed by atoms with Gasteiger partial charge in [-0.1, -0.05) is 65.7 Å². The Bertz CT molecular complexity index is 394. The molecule has 26 heavy (non-hydrogen) atoms. The molecule has 0 amide bonds. The minimum absolute atomic E-state index is 0.182. The number of carbonyl (C=O) groups is 2. The van der Waals surface area contributed by atoms with Crippen LogP contribution in [0.5, 0.6) is 0 Å². The van der Waals surface area contributed by atoms with Crippen molar-refractivity contribution in [1.82, 2.24) is 0 Å². The van der Waals surface area contributed by atoms with E-state index in [9.17, 15) is 9.59 Å². The van der Waals surface area contributed by atoms with Crippen molar-refractivity contribution in [2.75, 3.05) is 13.2 Å². The third kappa shape index (κ3) is 8.55. The van der Waals surface area contributed by atoms with Crippen LogP contribution in [-0.2, 0) is 19.1 Å². The summed E-state index contributed by atoms with van der Waals surface area (Å²) in [6.45, 7) is 7.42. The molecule has 0 N–H and O–H groups in total. The second kappa shape index (κ2) is 14.1. The van der Waals surface area contributed by atoms with Gasteiger partial charge >= 0.3 is 11.9 Å². The van der Waals surface area contributed by atoms with Crippen LogP contribution < -0.4 is 0 Å². The summed E-state index contributed by atoms with van der Waals surface area (Å²) in [5.41, 5.74) is 0. The number of hydrogen-bond acceptors (Lipinski definition) is 4. The summed E-state index contributed by atoms with van der Waals surface area (Å²) >= 11 is 0. The Morgan fingerprint density at radius 2 is 1.42 bits per heavy atom. The fraction of sp³-hybridized carbons (Fsp3) is 0.909. The van der Waals surface area contributed by atoms with E-state index < -0.39 is 0 Å². The highest BCUT2D eigenvalue weighted by molar-refractivity contribution is 5.82. The molecule has 3 unspecified atom stereocenters. The lowest BCUT2D eigenvalue weighted by Crippen LogP contribution is -2.35. The molecule has 0 saturated heterocycles. The Labute approximate surface area is 160 Å². The fourth-order valence-corrected chi connectivity index (χ4v) is 3.83. The van der Waals surface area contributed by atoms with Gasteiger partial charge in [0.15, 0.2) is 0 Å². The summed E-state index contributed by atoms with van der Waals surface area (Å²) < 4.78 is 11.1. The van der Waals surface area contributed by atoms with Crippen molar-refractivity contribution in [2.45, 2.75) is 97.8 Å². The zero-order valence-electron chi connectivity index (χ0n) is 17.3. The van der Waals surface area contributed by atoms with E-state index in [1.54, 1.807) is 0 Å². The van der Waals surface area contributed by atoms with Crippen molar-refractivity contribution in [1.29, 1.82) is 0 Å². The summed E-state index contributed by atoms with van der Waals surface area (Å²) in [7, 11) is 0. The van der Waals surface area contributed by atoms with Gasteiger partial charge in [0, 0.05) is 0 Å². The standard InChI is InChI=1S/C22H40O4/c1-4-7-9-13-18(12-6-3)17-26-22(24)20-15-11-10-14-19(20)21(23)25-16-8-5-2/h18-20H,4-17H2,1-3H3. The van der Waals surface area contributed by atoms with Crippen LogP contribution in [0, 0.1) is 17.8 Å². The van der Waals surface area contributed by atoms with Gasteiger partial charge in [-0.25, -0.2) is 0 Å². The van der Waals surface area contributed by atoms with E-state index in [1.165, 1.54) is 19.3 Å². The molecular formula is C22H40O4. The second-order valence-corrected chi connectivity index (χ2v) is 7.80. The minimum Gasteiger partial charge on any atom is -0.465 e. The van der Waals surface area contributed by atoms with Crippen molar-refractivity contribution in [3.8, 4) is 0 Å². The predicted octanol–water partition coefficient (Wildman–Crippen LogP) is 5.68. The molecule has 1 aliphatic carbocycles. The van der Waals surface area contributed by atoms with Gasteiger partial charge in [-0.15, -0.1) is 0 Å². The third-order valence-electron chi connectivity index (χ3n) is 5.49. The Hall–Kier alpha value is -1.06. The van der Waals surface area contributed by atoms with E-state index in [1.807, 2.05) is 0 Å².